The van der Waals surface area contributed by atoms with Crippen molar-refractivity contribution in [1.82, 2.24) is 9.97 Å². The fourth-order valence-corrected chi connectivity index (χ4v) is 3.98. The maximum absolute atomic E-state index is 13.1. The Morgan fingerprint density at radius 2 is 1.58 bits per heavy atom. The van der Waals surface area contributed by atoms with Gasteiger partial charge in [0.2, 0.25) is 0 Å². The van der Waals surface area contributed by atoms with Crippen LogP contribution in [-0.2, 0) is 9.47 Å². The van der Waals surface area contributed by atoms with E-state index in [0.29, 0.717) is 10.3 Å². The normalized spacial score (nSPS) is 12.0. The van der Waals surface area contributed by atoms with Crippen LogP contribution < -0.4 is 4.90 Å². The van der Waals surface area contributed by atoms with Gasteiger partial charge in [0.1, 0.15) is 21.5 Å². The lowest BCUT2D eigenvalue weighted by Gasteiger charge is -2.28. The van der Waals surface area contributed by atoms with Crippen molar-refractivity contribution in [2.75, 3.05) is 4.90 Å². The highest BCUT2D eigenvalue weighted by Gasteiger charge is 2.36. The number of ether oxygens (including phenoxy) is 2. The monoisotopic (exact) mass is 505 g/mol. The minimum atomic E-state index is -0.888. The van der Waals surface area contributed by atoms with Gasteiger partial charge in [0.25, 0.3) is 0 Å². The van der Waals surface area contributed by atoms with E-state index in [-0.39, 0.29) is 5.82 Å². The number of hydrogen-bond donors (Lipinski definition) is 0. The molecule has 1 aromatic carbocycles. The molecule has 7 nitrogen and oxygen atoms in total. The summed E-state index contributed by atoms with van der Waals surface area (Å²) >= 11 is 4.82. The molecule has 0 bridgehead atoms. The molecule has 2 amide bonds. The molecular formula is C22H24BrN3O4S. The van der Waals surface area contributed by atoms with E-state index >= 15 is 0 Å². The van der Waals surface area contributed by atoms with E-state index in [4.69, 9.17) is 9.47 Å². The van der Waals surface area contributed by atoms with Crippen molar-refractivity contribution >= 4 is 55.4 Å². The predicted molar refractivity (Wildman–Crippen MR) is 125 cm³/mol. The maximum atomic E-state index is 13.1. The predicted octanol–water partition coefficient (Wildman–Crippen LogP) is 6.80. The number of aromatic nitrogens is 2. The van der Waals surface area contributed by atoms with E-state index in [1.54, 1.807) is 41.5 Å². The second kappa shape index (κ2) is 8.55. The molecule has 0 unspecified atom stereocenters. The van der Waals surface area contributed by atoms with E-state index in [9.17, 15) is 9.59 Å². The van der Waals surface area contributed by atoms with Gasteiger partial charge in [-0.3, -0.25) is 0 Å². The molecule has 2 heterocycles. The number of benzene rings is 1. The third kappa shape index (κ3) is 5.80. The first-order valence-corrected chi connectivity index (χ1v) is 11.2. The zero-order valence-electron chi connectivity index (χ0n) is 18.2. The molecule has 2 aromatic heterocycles. The molecule has 0 spiro atoms. The van der Waals surface area contributed by atoms with Crippen LogP contribution in [0.25, 0.3) is 20.7 Å². The fraction of sp³-hybridized carbons (Fsp3) is 0.364. The number of fused-ring (bicyclic) bond motifs is 1. The van der Waals surface area contributed by atoms with Crippen molar-refractivity contribution in [2.45, 2.75) is 52.7 Å². The van der Waals surface area contributed by atoms with Gasteiger partial charge in [0.15, 0.2) is 5.82 Å². The van der Waals surface area contributed by atoms with Gasteiger partial charge in [-0.25, -0.2) is 19.6 Å². The van der Waals surface area contributed by atoms with Gasteiger partial charge in [0.05, 0.1) is 11.1 Å². The first-order chi connectivity index (χ1) is 14.3. The maximum Gasteiger partial charge on any atom is 0.425 e. The number of imide groups is 1. The van der Waals surface area contributed by atoms with Crippen LogP contribution in [0.4, 0.5) is 15.4 Å². The molecule has 3 aromatic rings. The van der Waals surface area contributed by atoms with Gasteiger partial charge in [-0.2, -0.15) is 4.90 Å². The molecule has 0 aliphatic carbocycles. The second-order valence-corrected chi connectivity index (χ2v) is 10.7. The molecule has 0 aliphatic rings. The highest BCUT2D eigenvalue weighted by molar-refractivity contribution is 9.10. The fourth-order valence-electron chi connectivity index (χ4n) is 2.65. The highest BCUT2D eigenvalue weighted by Crippen LogP contribution is 2.38. The van der Waals surface area contributed by atoms with Crippen molar-refractivity contribution in [2.24, 2.45) is 0 Å². The third-order valence-corrected chi connectivity index (χ3v) is 5.25. The lowest BCUT2D eigenvalue weighted by Crippen LogP contribution is -2.44. The lowest BCUT2D eigenvalue weighted by molar-refractivity contribution is 0.0429. The smallest absolute Gasteiger partial charge is 0.425 e. The SMILES string of the molecule is CC(C)(C)OC(=O)N(C(=O)OC(C)(C)C)c1ncc(Br)nc1-c1cc2ccccc2s1. The van der Waals surface area contributed by atoms with Gasteiger partial charge in [0, 0.05) is 4.70 Å². The van der Waals surface area contributed by atoms with Gasteiger partial charge < -0.3 is 9.47 Å². The molecule has 0 saturated heterocycles. The van der Waals surface area contributed by atoms with Crippen LogP contribution >= 0.6 is 27.3 Å². The molecule has 0 aliphatic heterocycles. The van der Waals surface area contributed by atoms with E-state index in [0.717, 1.165) is 19.9 Å². The molecule has 0 radical (unpaired) electrons. The number of anilines is 1. The van der Waals surface area contributed by atoms with Crippen molar-refractivity contribution in [3.05, 3.63) is 41.1 Å². The Hall–Kier alpha value is -2.52. The molecule has 9 heteroatoms. The molecule has 164 valence electrons. The van der Waals surface area contributed by atoms with E-state index in [1.807, 2.05) is 30.3 Å². The van der Waals surface area contributed by atoms with Crippen LogP contribution in [0.3, 0.4) is 0 Å². The average molecular weight is 506 g/mol. The number of hydrogen-bond acceptors (Lipinski definition) is 7. The zero-order chi connectivity index (χ0) is 23.0. The van der Waals surface area contributed by atoms with Crippen molar-refractivity contribution in [3.63, 3.8) is 0 Å². The summed E-state index contributed by atoms with van der Waals surface area (Å²) in [5.41, 5.74) is -1.28. The summed E-state index contributed by atoms with van der Waals surface area (Å²) in [6.07, 6.45) is -0.352. The number of carbonyl (C=O) groups excluding carboxylic acids is 2. The minimum absolute atomic E-state index is 0.0401. The van der Waals surface area contributed by atoms with Gasteiger partial charge in [-0.05, 0) is 75.0 Å². The number of rotatable bonds is 2. The molecular weight excluding hydrogens is 482 g/mol. The summed E-state index contributed by atoms with van der Waals surface area (Å²) in [6.45, 7) is 10.3. The standard InChI is InChI=1S/C22H24BrN3O4S/c1-21(2,3)29-19(27)26(20(28)30-22(4,5)6)18-17(25-16(23)12-24-18)15-11-13-9-7-8-10-14(13)31-15/h7-12H,1-6H3. The quantitative estimate of drug-likeness (QED) is 0.380. The van der Waals surface area contributed by atoms with Crippen LogP contribution in [0.5, 0.6) is 0 Å². The third-order valence-electron chi connectivity index (χ3n) is 3.75. The molecule has 0 atom stereocenters. The summed E-state index contributed by atoms with van der Waals surface area (Å²) in [4.78, 5) is 36.5. The minimum Gasteiger partial charge on any atom is -0.443 e. The summed E-state index contributed by atoms with van der Waals surface area (Å²) in [5.74, 6) is 0.0401. The van der Waals surface area contributed by atoms with E-state index in [1.165, 1.54) is 17.5 Å². The average Bonchev–Trinajstić information content (AvgIpc) is 3.04. The van der Waals surface area contributed by atoms with Gasteiger partial charge in [-0.1, -0.05) is 18.2 Å². The molecule has 31 heavy (non-hydrogen) atoms. The number of thiophene rings is 1. The zero-order valence-corrected chi connectivity index (χ0v) is 20.6. The Labute approximate surface area is 193 Å². The summed E-state index contributed by atoms with van der Waals surface area (Å²) in [5, 5.41) is 1.02. The van der Waals surface area contributed by atoms with E-state index < -0.39 is 23.4 Å². The van der Waals surface area contributed by atoms with Crippen molar-refractivity contribution in [3.8, 4) is 10.6 Å². The Bertz CT molecular complexity index is 1070. The van der Waals surface area contributed by atoms with Crippen LogP contribution in [-0.4, -0.2) is 33.4 Å². The first kappa shape index (κ1) is 23.1. The summed E-state index contributed by atoms with van der Waals surface area (Å²) < 4.78 is 12.5. The van der Waals surface area contributed by atoms with Gasteiger partial charge >= 0.3 is 12.2 Å². The molecule has 0 fully saturated rings. The summed E-state index contributed by atoms with van der Waals surface area (Å²) in [6, 6.07) is 9.82. The second-order valence-electron chi connectivity index (χ2n) is 8.81. The number of halogens is 1. The van der Waals surface area contributed by atoms with Crippen LogP contribution in [0, 0.1) is 0 Å². The Morgan fingerprint density at radius 3 is 2.13 bits per heavy atom. The molecule has 3 rings (SSSR count). The first-order valence-electron chi connectivity index (χ1n) is 9.62. The number of amides is 2. The largest absolute Gasteiger partial charge is 0.443 e. The van der Waals surface area contributed by atoms with Crippen LogP contribution in [0.1, 0.15) is 41.5 Å². The Balaban J connectivity index is 2.16. The topological polar surface area (TPSA) is 81.6 Å². The van der Waals surface area contributed by atoms with Crippen LogP contribution in [0.15, 0.2) is 41.1 Å². The molecule has 0 saturated carbocycles. The van der Waals surface area contributed by atoms with Gasteiger partial charge in [-0.15, -0.1) is 11.3 Å². The lowest BCUT2D eigenvalue weighted by atomic mass is 10.2. The summed E-state index contributed by atoms with van der Waals surface area (Å²) in [7, 11) is 0. The number of nitrogens with zero attached hydrogens (tertiary/aromatic N) is 3. The van der Waals surface area contributed by atoms with E-state index in [2.05, 4.69) is 25.9 Å². The van der Waals surface area contributed by atoms with Crippen molar-refractivity contribution in [1.29, 1.82) is 0 Å². The van der Waals surface area contributed by atoms with Crippen LogP contribution in [0.2, 0.25) is 0 Å². The molecule has 0 N–H and O–H groups in total. The highest BCUT2D eigenvalue weighted by atomic mass is 79.9. The van der Waals surface area contributed by atoms with Crippen molar-refractivity contribution < 1.29 is 19.1 Å². The number of carbonyl (C=O) groups is 2. The Kier molecular flexibility index (Phi) is 6.38. The Morgan fingerprint density at radius 1 is 1.00 bits per heavy atom.